The van der Waals surface area contributed by atoms with Crippen LogP contribution in [0.3, 0.4) is 0 Å². The van der Waals surface area contributed by atoms with Gasteiger partial charge in [-0.25, -0.2) is 0 Å². The monoisotopic (exact) mass is 309 g/mol. The number of methoxy groups -OCH3 is 1. The first-order chi connectivity index (χ1) is 11.3. The molecule has 0 N–H and O–H groups in total. The second-order valence-electron chi connectivity index (χ2n) is 5.09. The number of carbonyl (C=O) groups is 1. The fraction of sp³-hybridized carbons (Fsp3) is 0.263. The molecule has 0 atom stereocenters. The van der Waals surface area contributed by atoms with E-state index in [9.17, 15) is 4.79 Å². The first-order valence-electron chi connectivity index (χ1n) is 7.40. The van der Waals surface area contributed by atoms with Crippen LogP contribution in [0.15, 0.2) is 60.7 Å². The second kappa shape index (κ2) is 8.11. The van der Waals surface area contributed by atoms with Gasteiger partial charge in [0.05, 0.1) is 13.2 Å². The van der Waals surface area contributed by atoms with Crippen molar-refractivity contribution < 1.29 is 14.3 Å². The number of nitriles is 1. The summed E-state index contributed by atoms with van der Waals surface area (Å²) in [5.74, 6) is -0.338. The lowest BCUT2D eigenvalue weighted by Crippen LogP contribution is -2.39. The van der Waals surface area contributed by atoms with Crippen molar-refractivity contribution >= 4 is 5.97 Å². The van der Waals surface area contributed by atoms with E-state index < -0.39 is 5.41 Å². The number of hydrogen-bond acceptors (Lipinski definition) is 4. The van der Waals surface area contributed by atoms with Crippen molar-refractivity contribution in [1.29, 1.82) is 5.26 Å². The zero-order chi connectivity index (χ0) is 16.5. The first-order valence-corrected chi connectivity index (χ1v) is 7.40. The van der Waals surface area contributed by atoms with Crippen molar-refractivity contribution in [3.05, 3.63) is 71.8 Å². The molecule has 0 bridgehead atoms. The molecule has 0 heterocycles. The van der Waals surface area contributed by atoms with E-state index in [-0.39, 0.29) is 19.2 Å². The van der Waals surface area contributed by atoms with Gasteiger partial charge in [0.15, 0.2) is 0 Å². The molecule has 0 saturated heterocycles. The topological polar surface area (TPSA) is 59.3 Å². The highest BCUT2D eigenvalue weighted by molar-refractivity contribution is 5.87. The van der Waals surface area contributed by atoms with Crippen LogP contribution in [0.25, 0.3) is 0 Å². The quantitative estimate of drug-likeness (QED) is 0.582. The predicted octanol–water partition coefficient (Wildman–Crippen LogP) is 3.08. The van der Waals surface area contributed by atoms with Gasteiger partial charge in [0.1, 0.15) is 12.0 Å². The summed E-state index contributed by atoms with van der Waals surface area (Å²) in [4.78, 5) is 12.8. The van der Waals surface area contributed by atoms with Gasteiger partial charge in [-0.2, -0.15) is 5.26 Å². The standard InChI is InChI=1S/C19H19NO3/c1-22-18(21)19(12-14-23-15-13-20,16-8-4-2-5-9-16)17-10-6-3-7-11-17/h2-11H,12,14-15H2,1H3. The summed E-state index contributed by atoms with van der Waals surface area (Å²) in [6.07, 6.45) is 0.398. The molecule has 0 spiro atoms. The smallest absolute Gasteiger partial charge is 0.320 e. The van der Waals surface area contributed by atoms with Crippen LogP contribution in [-0.2, 0) is 19.7 Å². The number of benzene rings is 2. The van der Waals surface area contributed by atoms with Crippen molar-refractivity contribution in [3.8, 4) is 6.07 Å². The predicted molar refractivity (Wildman–Crippen MR) is 86.7 cm³/mol. The van der Waals surface area contributed by atoms with Crippen LogP contribution in [0, 0.1) is 11.3 Å². The largest absolute Gasteiger partial charge is 0.468 e. The van der Waals surface area contributed by atoms with E-state index in [0.717, 1.165) is 11.1 Å². The molecule has 2 aromatic carbocycles. The molecule has 0 aliphatic rings. The Morgan fingerprint density at radius 2 is 1.57 bits per heavy atom. The fourth-order valence-electron chi connectivity index (χ4n) is 2.76. The molecular weight excluding hydrogens is 290 g/mol. The van der Waals surface area contributed by atoms with E-state index >= 15 is 0 Å². The summed E-state index contributed by atoms with van der Waals surface area (Å²) in [6, 6.07) is 21.0. The summed E-state index contributed by atoms with van der Waals surface area (Å²) in [5, 5.41) is 8.62. The third kappa shape index (κ3) is 3.58. The van der Waals surface area contributed by atoms with Crippen molar-refractivity contribution in [1.82, 2.24) is 0 Å². The van der Waals surface area contributed by atoms with Crippen LogP contribution in [-0.4, -0.2) is 26.3 Å². The molecule has 4 nitrogen and oxygen atoms in total. The summed E-state index contributed by atoms with van der Waals surface area (Å²) in [6.45, 7) is 0.285. The minimum Gasteiger partial charge on any atom is -0.468 e. The van der Waals surface area contributed by atoms with Crippen LogP contribution >= 0.6 is 0 Å². The number of ether oxygens (including phenoxy) is 2. The van der Waals surface area contributed by atoms with Crippen molar-refractivity contribution in [2.45, 2.75) is 11.8 Å². The lowest BCUT2D eigenvalue weighted by molar-refractivity contribution is -0.146. The normalized spacial score (nSPS) is 10.8. The van der Waals surface area contributed by atoms with Crippen molar-refractivity contribution in [2.75, 3.05) is 20.3 Å². The maximum absolute atomic E-state index is 12.8. The molecule has 2 aromatic rings. The van der Waals surface area contributed by atoms with Gasteiger partial charge in [-0.3, -0.25) is 4.79 Å². The fourth-order valence-corrected chi connectivity index (χ4v) is 2.76. The molecule has 118 valence electrons. The molecule has 0 saturated carbocycles. The molecule has 0 radical (unpaired) electrons. The van der Waals surface area contributed by atoms with Gasteiger partial charge in [-0.05, 0) is 17.5 Å². The number of nitrogens with zero attached hydrogens (tertiary/aromatic N) is 1. The maximum Gasteiger partial charge on any atom is 0.320 e. The van der Waals surface area contributed by atoms with E-state index in [1.54, 1.807) is 0 Å². The van der Waals surface area contributed by atoms with E-state index in [4.69, 9.17) is 14.7 Å². The molecule has 23 heavy (non-hydrogen) atoms. The Bertz CT molecular complexity index is 623. The number of carbonyl (C=O) groups excluding carboxylic acids is 1. The van der Waals surface area contributed by atoms with Gasteiger partial charge < -0.3 is 9.47 Å². The summed E-state index contributed by atoms with van der Waals surface area (Å²) in [7, 11) is 1.39. The highest BCUT2D eigenvalue weighted by atomic mass is 16.5. The van der Waals surface area contributed by atoms with Crippen molar-refractivity contribution in [3.63, 3.8) is 0 Å². The summed E-state index contributed by atoms with van der Waals surface area (Å²) < 4.78 is 10.4. The van der Waals surface area contributed by atoms with Crippen LogP contribution < -0.4 is 0 Å². The van der Waals surface area contributed by atoms with Gasteiger partial charge in [0, 0.05) is 6.61 Å². The Morgan fingerprint density at radius 3 is 2.00 bits per heavy atom. The summed E-state index contributed by atoms with van der Waals surface area (Å²) in [5.41, 5.74) is 0.740. The zero-order valence-electron chi connectivity index (χ0n) is 13.1. The minimum absolute atomic E-state index is 0.000825. The van der Waals surface area contributed by atoms with Gasteiger partial charge >= 0.3 is 5.97 Å². The second-order valence-corrected chi connectivity index (χ2v) is 5.09. The Balaban J connectivity index is 2.50. The maximum atomic E-state index is 12.8. The summed E-state index contributed by atoms with van der Waals surface area (Å²) >= 11 is 0. The third-order valence-electron chi connectivity index (χ3n) is 3.86. The third-order valence-corrected chi connectivity index (χ3v) is 3.86. The highest BCUT2D eigenvalue weighted by Crippen LogP contribution is 2.37. The molecular formula is C19H19NO3. The highest BCUT2D eigenvalue weighted by Gasteiger charge is 2.42. The van der Waals surface area contributed by atoms with E-state index in [1.165, 1.54) is 7.11 Å². The van der Waals surface area contributed by atoms with E-state index in [0.29, 0.717) is 6.42 Å². The molecule has 0 fully saturated rings. The van der Waals surface area contributed by atoms with Gasteiger partial charge in [-0.1, -0.05) is 60.7 Å². The SMILES string of the molecule is COC(=O)C(CCOCC#N)(c1ccccc1)c1ccccc1. The average Bonchev–Trinajstić information content (AvgIpc) is 2.63. The van der Waals surface area contributed by atoms with Crippen LogP contribution in [0.4, 0.5) is 0 Å². The van der Waals surface area contributed by atoms with Gasteiger partial charge in [0.25, 0.3) is 0 Å². The lowest BCUT2D eigenvalue weighted by Gasteiger charge is -2.32. The van der Waals surface area contributed by atoms with Gasteiger partial charge in [0.2, 0.25) is 0 Å². The molecule has 4 heteroatoms. The number of rotatable bonds is 7. The Hall–Kier alpha value is -2.64. The molecule has 0 amide bonds. The molecule has 0 unspecified atom stereocenters. The van der Waals surface area contributed by atoms with Crippen LogP contribution in [0.2, 0.25) is 0 Å². The van der Waals surface area contributed by atoms with E-state index in [2.05, 4.69) is 0 Å². The van der Waals surface area contributed by atoms with Crippen molar-refractivity contribution in [2.24, 2.45) is 0 Å². The first kappa shape index (κ1) is 16.7. The zero-order valence-corrected chi connectivity index (χ0v) is 13.1. The Morgan fingerprint density at radius 1 is 1.04 bits per heavy atom. The molecule has 0 aromatic heterocycles. The minimum atomic E-state index is -0.952. The molecule has 2 rings (SSSR count). The van der Waals surface area contributed by atoms with Crippen LogP contribution in [0.1, 0.15) is 17.5 Å². The number of hydrogen-bond donors (Lipinski definition) is 0. The Labute approximate surface area is 136 Å². The Kier molecular flexibility index (Phi) is 5.90. The molecule has 0 aliphatic carbocycles. The van der Waals surface area contributed by atoms with E-state index in [1.807, 2.05) is 66.7 Å². The number of esters is 1. The average molecular weight is 309 g/mol. The van der Waals surface area contributed by atoms with Crippen LogP contribution in [0.5, 0.6) is 0 Å². The molecule has 0 aliphatic heterocycles. The van der Waals surface area contributed by atoms with Gasteiger partial charge in [-0.15, -0.1) is 0 Å². The lowest BCUT2D eigenvalue weighted by atomic mass is 9.72.